The second kappa shape index (κ2) is 5.51. The maximum absolute atomic E-state index is 5.14. The Morgan fingerprint density at radius 2 is 2.13 bits per heavy atom. The lowest BCUT2D eigenvalue weighted by atomic mass is 10.2. The van der Waals surface area contributed by atoms with E-state index in [2.05, 4.69) is 29.7 Å². The van der Waals surface area contributed by atoms with Gasteiger partial charge < -0.3 is 9.57 Å². The molecule has 0 unspecified atom stereocenters. The van der Waals surface area contributed by atoms with Crippen molar-refractivity contribution in [3.63, 3.8) is 0 Å². The van der Waals surface area contributed by atoms with Crippen LogP contribution >= 0.6 is 11.8 Å². The summed E-state index contributed by atoms with van der Waals surface area (Å²) in [6.07, 6.45) is 0. The van der Waals surface area contributed by atoms with Gasteiger partial charge in [-0.2, -0.15) is 5.48 Å². The molecule has 1 aliphatic rings. The number of rotatable bonds is 5. The second-order valence-corrected chi connectivity index (χ2v) is 4.82. The van der Waals surface area contributed by atoms with Gasteiger partial charge in [-0.15, -0.1) is 11.8 Å². The lowest BCUT2D eigenvalue weighted by Crippen LogP contribution is -2.29. The smallest absolute Gasteiger partial charge is 0.0611 e. The molecule has 82 valence electrons. The largest absolute Gasteiger partial charge is 0.379 e. The maximum atomic E-state index is 5.14. The van der Waals surface area contributed by atoms with Crippen molar-refractivity contribution in [2.24, 2.45) is 0 Å². The van der Waals surface area contributed by atoms with Crippen molar-refractivity contribution in [2.75, 3.05) is 20.3 Å². The van der Waals surface area contributed by atoms with Crippen molar-refractivity contribution >= 4 is 11.8 Å². The van der Waals surface area contributed by atoms with E-state index in [1.807, 2.05) is 11.8 Å². The molecule has 1 N–H and O–H groups in total. The number of hydrogen-bond acceptors (Lipinski definition) is 4. The maximum Gasteiger partial charge on any atom is 0.0611 e. The van der Waals surface area contributed by atoms with Gasteiger partial charge in [-0.3, -0.25) is 0 Å². The molecule has 1 heterocycles. The lowest BCUT2D eigenvalue weighted by molar-refractivity contribution is 0.0455. The number of benzene rings is 1. The minimum atomic E-state index is 0.646. The highest BCUT2D eigenvalue weighted by Gasteiger charge is 2.19. The van der Waals surface area contributed by atoms with Crippen molar-refractivity contribution in [1.29, 1.82) is 0 Å². The molecule has 0 aliphatic carbocycles. The Balaban J connectivity index is 1.85. The van der Waals surface area contributed by atoms with Gasteiger partial charge in [0.1, 0.15) is 0 Å². The van der Waals surface area contributed by atoms with E-state index in [0.717, 1.165) is 19.8 Å². The standard InChI is InChI=1S/C11H15NO2S/c1-13-12-6-9-2-4-10(5-3-9)15-11-7-14-8-11/h2-5,11-12H,6-8H2,1H3. The van der Waals surface area contributed by atoms with Crippen LogP contribution in [0.1, 0.15) is 5.56 Å². The third-order valence-electron chi connectivity index (χ3n) is 2.25. The van der Waals surface area contributed by atoms with Gasteiger partial charge >= 0.3 is 0 Å². The number of ether oxygens (including phenoxy) is 1. The van der Waals surface area contributed by atoms with Crippen molar-refractivity contribution in [3.8, 4) is 0 Å². The molecular formula is C11H15NO2S. The van der Waals surface area contributed by atoms with Crippen LogP contribution < -0.4 is 5.48 Å². The molecule has 0 atom stereocenters. The van der Waals surface area contributed by atoms with Crippen LogP contribution in [0, 0.1) is 0 Å². The van der Waals surface area contributed by atoms with Gasteiger partial charge in [-0.1, -0.05) is 12.1 Å². The first-order chi connectivity index (χ1) is 7.38. The second-order valence-electron chi connectivity index (χ2n) is 3.45. The van der Waals surface area contributed by atoms with Crippen LogP contribution in [0.4, 0.5) is 0 Å². The van der Waals surface area contributed by atoms with Gasteiger partial charge in [0.25, 0.3) is 0 Å². The van der Waals surface area contributed by atoms with Crippen LogP contribution in [0.3, 0.4) is 0 Å². The van der Waals surface area contributed by atoms with E-state index < -0.39 is 0 Å². The van der Waals surface area contributed by atoms with E-state index >= 15 is 0 Å². The fourth-order valence-electron chi connectivity index (χ4n) is 1.32. The SMILES string of the molecule is CONCc1ccc(SC2COC2)cc1. The highest BCUT2D eigenvalue weighted by atomic mass is 32.2. The minimum Gasteiger partial charge on any atom is -0.379 e. The van der Waals surface area contributed by atoms with Crippen molar-refractivity contribution in [3.05, 3.63) is 29.8 Å². The van der Waals surface area contributed by atoms with Crippen LogP contribution in [0.25, 0.3) is 0 Å². The average molecular weight is 225 g/mol. The third-order valence-corrected chi connectivity index (χ3v) is 3.40. The number of nitrogens with one attached hydrogen (secondary N) is 1. The zero-order chi connectivity index (χ0) is 10.5. The Kier molecular flexibility index (Phi) is 4.02. The molecule has 3 nitrogen and oxygen atoms in total. The van der Waals surface area contributed by atoms with Gasteiger partial charge in [-0.25, -0.2) is 0 Å². The molecular weight excluding hydrogens is 210 g/mol. The molecule has 0 aromatic heterocycles. The van der Waals surface area contributed by atoms with Gasteiger partial charge in [0.15, 0.2) is 0 Å². The first-order valence-corrected chi connectivity index (χ1v) is 5.85. The third kappa shape index (κ3) is 3.21. The summed E-state index contributed by atoms with van der Waals surface area (Å²) in [5, 5.41) is 0.646. The fraction of sp³-hybridized carbons (Fsp3) is 0.455. The van der Waals surface area contributed by atoms with E-state index in [1.54, 1.807) is 7.11 Å². The summed E-state index contributed by atoms with van der Waals surface area (Å²) in [4.78, 5) is 6.11. The number of thioether (sulfide) groups is 1. The molecule has 1 saturated heterocycles. The molecule has 2 rings (SSSR count). The van der Waals surface area contributed by atoms with Crippen molar-refractivity contribution in [1.82, 2.24) is 5.48 Å². The van der Waals surface area contributed by atoms with Crippen LogP contribution in [0.2, 0.25) is 0 Å². The quantitative estimate of drug-likeness (QED) is 0.774. The molecule has 1 fully saturated rings. The summed E-state index contributed by atoms with van der Waals surface area (Å²) in [7, 11) is 1.63. The normalized spacial score (nSPS) is 16.3. The average Bonchev–Trinajstić information content (AvgIpc) is 2.22. The first-order valence-electron chi connectivity index (χ1n) is 4.97. The Morgan fingerprint density at radius 1 is 1.40 bits per heavy atom. The molecule has 0 saturated carbocycles. The molecule has 1 aromatic carbocycles. The molecule has 0 amide bonds. The van der Waals surface area contributed by atoms with Gasteiger partial charge in [0.05, 0.1) is 25.6 Å². The van der Waals surface area contributed by atoms with Gasteiger partial charge in [0.2, 0.25) is 0 Å². The van der Waals surface area contributed by atoms with Crippen molar-refractivity contribution < 1.29 is 9.57 Å². The number of hydrogen-bond donors (Lipinski definition) is 1. The summed E-state index contributed by atoms with van der Waals surface area (Å²) in [5.41, 5.74) is 4.05. The van der Waals surface area contributed by atoms with Crippen LogP contribution in [0.15, 0.2) is 29.2 Å². The Labute approximate surface area is 94.1 Å². The summed E-state index contributed by atoms with van der Waals surface area (Å²) < 4.78 is 5.14. The van der Waals surface area contributed by atoms with E-state index in [4.69, 9.17) is 9.57 Å². The predicted molar refractivity (Wildman–Crippen MR) is 60.8 cm³/mol. The Morgan fingerprint density at radius 3 is 2.67 bits per heavy atom. The molecule has 0 bridgehead atoms. The monoisotopic (exact) mass is 225 g/mol. The lowest BCUT2D eigenvalue weighted by Gasteiger charge is -2.25. The molecule has 1 aliphatic heterocycles. The van der Waals surface area contributed by atoms with Gasteiger partial charge in [0, 0.05) is 11.4 Å². The van der Waals surface area contributed by atoms with Crippen LogP contribution in [0.5, 0.6) is 0 Å². The minimum absolute atomic E-state index is 0.646. The zero-order valence-corrected chi connectivity index (χ0v) is 9.55. The first kappa shape index (κ1) is 11.0. The molecule has 15 heavy (non-hydrogen) atoms. The van der Waals surface area contributed by atoms with Crippen LogP contribution in [-0.2, 0) is 16.1 Å². The summed E-state index contributed by atoms with van der Waals surface area (Å²) in [6, 6.07) is 8.53. The number of hydroxylamine groups is 1. The highest BCUT2D eigenvalue weighted by Crippen LogP contribution is 2.27. The van der Waals surface area contributed by atoms with Gasteiger partial charge in [-0.05, 0) is 17.7 Å². The fourth-order valence-corrected chi connectivity index (χ4v) is 2.32. The Bertz CT molecular complexity index is 298. The zero-order valence-electron chi connectivity index (χ0n) is 8.73. The molecule has 4 heteroatoms. The predicted octanol–water partition coefficient (Wildman–Crippen LogP) is 1.83. The molecule has 0 radical (unpaired) electrons. The van der Waals surface area contributed by atoms with Crippen LogP contribution in [-0.4, -0.2) is 25.6 Å². The summed E-state index contributed by atoms with van der Waals surface area (Å²) >= 11 is 1.89. The Hall–Kier alpha value is -0.550. The van der Waals surface area contributed by atoms with E-state index in [0.29, 0.717) is 5.25 Å². The molecule has 0 spiro atoms. The van der Waals surface area contributed by atoms with E-state index in [-0.39, 0.29) is 0 Å². The van der Waals surface area contributed by atoms with E-state index in [9.17, 15) is 0 Å². The summed E-state index contributed by atoms with van der Waals surface area (Å²) in [5.74, 6) is 0. The highest BCUT2D eigenvalue weighted by molar-refractivity contribution is 8.00. The summed E-state index contributed by atoms with van der Waals surface area (Å²) in [6.45, 7) is 2.52. The molecule has 1 aromatic rings. The van der Waals surface area contributed by atoms with E-state index in [1.165, 1.54) is 10.5 Å². The topological polar surface area (TPSA) is 30.5 Å². The van der Waals surface area contributed by atoms with Crippen molar-refractivity contribution in [2.45, 2.75) is 16.7 Å².